The van der Waals surface area contributed by atoms with Gasteiger partial charge in [-0.3, -0.25) is 4.98 Å². The molecule has 2 N–H and O–H groups in total. The molecule has 2 atom stereocenters. The fourth-order valence-corrected chi connectivity index (χ4v) is 2.61. The van der Waals surface area contributed by atoms with Crippen LogP contribution in [0.2, 0.25) is 0 Å². The van der Waals surface area contributed by atoms with Crippen LogP contribution in [-0.4, -0.2) is 34.1 Å². The molecule has 0 radical (unpaired) electrons. The Hall–Kier alpha value is -1.75. The average Bonchev–Trinajstić information content (AvgIpc) is 2.37. The molecule has 0 bridgehead atoms. The minimum atomic E-state index is 0.230. The van der Waals surface area contributed by atoms with Crippen LogP contribution in [0.1, 0.15) is 13.3 Å². The van der Waals surface area contributed by atoms with Crippen molar-refractivity contribution in [1.29, 1.82) is 0 Å². The van der Waals surface area contributed by atoms with Gasteiger partial charge in [0.1, 0.15) is 11.3 Å². The Balaban J connectivity index is 1.93. The molecule has 2 aromatic heterocycles. The molecule has 0 aliphatic carbocycles. The molecular formula is C13H17N5. The molecule has 18 heavy (non-hydrogen) atoms. The molecule has 0 saturated carbocycles. The van der Waals surface area contributed by atoms with Crippen LogP contribution in [-0.2, 0) is 0 Å². The van der Waals surface area contributed by atoms with Gasteiger partial charge in [-0.05, 0) is 24.5 Å². The lowest BCUT2D eigenvalue weighted by atomic mass is 9.97. The zero-order valence-corrected chi connectivity index (χ0v) is 10.5. The summed E-state index contributed by atoms with van der Waals surface area (Å²) < 4.78 is 0. The van der Waals surface area contributed by atoms with E-state index in [0.717, 1.165) is 30.8 Å². The standard InChI is InChI=1S/C13H17N5/c1-9-6-10(14)8-18(7-9)12-3-2-11-13(17-12)16-5-4-15-11/h2-5,9-10H,6-8,14H2,1H3. The van der Waals surface area contributed by atoms with Gasteiger partial charge in [0.2, 0.25) is 0 Å². The van der Waals surface area contributed by atoms with Gasteiger partial charge in [-0.1, -0.05) is 6.92 Å². The summed E-state index contributed by atoms with van der Waals surface area (Å²) in [5.74, 6) is 1.55. The predicted octanol–water partition coefficient (Wildman–Crippen LogP) is 1.20. The first-order valence-corrected chi connectivity index (χ1v) is 6.30. The van der Waals surface area contributed by atoms with Crippen molar-refractivity contribution in [2.75, 3.05) is 18.0 Å². The van der Waals surface area contributed by atoms with Crippen LogP contribution in [0.5, 0.6) is 0 Å². The molecule has 94 valence electrons. The SMILES string of the molecule is CC1CC(N)CN(c2ccc3nccnc3n2)C1. The van der Waals surface area contributed by atoms with Crippen LogP contribution in [0.15, 0.2) is 24.5 Å². The van der Waals surface area contributed by atoms with Crippen molar-refractivity contribution in [2.45, 2.75) is 19.4 Å². The Morgan fingerprint density at radius 3 is 2.89 bits per heavy atom. The molecule has 1 aliphatic rings. The van der Waals surface area contributed by atoms with E-state index in [1.54, 1.807) is 12.4 Å². The Bertz CT molecular complexity index is 546. The zero-order chi connectivity index (χ0) is 12.5. The summed E-state index contributed by atoms with van der Waals surface area (Å²) in [6, 6.07) is 4.20. The predicted molar refractivity (Wildman–Crippen MR) is 71.3 cm³/mol. The number of pyridine rings is 1. The maximum Gasteiger partial charge on any atom is 0.180 e. The third-order valence-electron chi connectivity index (χ3n) is 3.33. The molecule has 1 saturated heterocycles. The second-order valence-corrected chi connectivity index (χ2v) is 5.07. The fourth-order valence-electron chi connectivity index (χ4n) is 2.61. The van der Waals surface area contributed by atoms with Gasteiger partial charge in [0.25, 0.3) is 0 Å². The number of nitrogens with zero attached hydrogens (tertiary/aromatic N) is 4. The van der Waals surface area contributed by atoms with Gasteiger partial charge in [-0.15, -0.1) is 0 Å². The van der Waals surface area contributed by atoms with Crippen LogP contribution < -0.4 is 10.6 Å². The summed E-state index contributed by atoms with van der Waals surface area (Å²) >= 11 is 0. The van der Waals surface area contributed by atoms with Crippen molar-refractivity contribution in [3.63, 3.8) is 0 Å². The molecule has 5 heteroatoms. The van der Waals surface area contributed by atoms with Crippen molar-refractivity contribution < 1.29 is 0 Å². The Labute approximate surface area is 106 Å². The zero-order valence-electron chi connectivity index (χ0n) is 10.5. The molecule has 3 heterocycles. The molecule has 0 spiro atoms. The summed E-state index contributed by atoms with van der Waals surface area (Å²) in [4.78, 5) is 15.3. The van der Waals surface area contributed by atoms with Crippen LogP contribution in [0.25, 0.3) is 11.2 Å². The molecule has 3 rings (SSSR count). The highest BCUT2D eigenvalue weighted by atomic mass is 15.2. The molecule has 0 aromatic carbocycles. The lowest BCUT2D eigenvalue weighted by Gasteiger charge is -2.35. The van der Waals surface area contributed by atoms with Crippen molar-refractivity contribution in [3.05, 3.63) is 24.5 Å². The van der Waals surface area contributed by atoms with E-state index < -0.39 is 0 Å². The molecule has 2 aromatic rings. The normalized spacial score (nSPS) is 24.4. The number of anilines is 1. The highest BCUT2D eigenvalue weighted by Crippen LogP contribution is 2.22. The average molecular weight is 243 g/mol. The topological polar surface area (TPSA) is 67.9 Å². The maximum absolute atomic E-state index is 6.07. The second-order valence-electron chi connectivity index (χ2n) is 5.07. The lowest BCUT2D eigenvalue weighted by Crippen LogP contribution is -2.46. The van der Waals surface area contributed by atoms with Crippen molar-refractivity contribution in [1.82, 2.24) is 15.0 Å². The summed E-state index contributed by atoms with van der Waals surface area (Å²) in [7, 11) is 0. The number of fused-ring (bicyclic) bond motifs is 1. The van der Waals surface area contributed by atoms with Gasteiger partial charge < -0.3 is 10.6 Å². The van der Waals surface area contributed by atoms with E-state index in [-0.39, 0.29) is 6.04 Å². The first-order chi connectivity index (χ1) is 8.72. The van der Waals surface area contributed by atoms with E-state index in [4.69, 9.17) is 5.73 Å². The highest BCUT2D eigenvalue weighted by Gasteiger charge is 2.23. The van der Waals surface area contributed by atoms with Gasteiger partial charge in [-0.25, -0.2) is 9.97 Å². The van der Waals surface area contributed by atoms with E-state index in [0.29, 0.717) is 11.6 Å². The number of hydrogen-bond donors (Lipinski definition) is 1. The fraction of sp³-hybridized carbons (Fsp3) is 0.462. The number of rotatable bonds is 1. The summed E-state index contributed by atoms with van der Waals surface area (Å²) in [5, 5.41) is 0. The van der Waals surface area contributed by atoms with Gasteiger partial charge >= 0.3 is 0 Å². The summed E-state index contributed by atoms with van der Waals surface area (Å²) in [6.45, 7) is 4.10. The van der Waals surface area contributed by atoms with Crippen LogP contribution in [0.4, 0.5) is 5.82 Å². The first kappa shape index (κ1) is 11.3. The highest BCUT2D eigenvalue weighted by molar-refractivity contribution is 5.71. The number of nitrogens with two attached hydrogens (primary N) is 1. The van der Waals surface area contributed by atoms with Gasteiger partial charge in [0.05, 0.1) is 0 Å². The van der Waals surface area contributed by atoms with Gasteiger partial charge in [-0.2, -0.15) is 0 Å². The van der Waals surface area contributed by atoms with Crippen molar-refractivity contribution in [3.8, 4) is 0 Å². The van der Waals surface area contributed by atoms with Crippen LogP contribution in [0.3, 0.4) is 0 Å². The molecule has 2 unspecified atom stereocenters. The third-order valence-corrected chi connectivity index (χ3v) is 3.33. The van der Waals surface area contributed by atoms with E-state index in [1.807, 2.05) is 12.1 Å². The summed E-state index contributed by atoms with van der Waals surface area (Å²) in [6.07, 6.45) is 4.44. The number of hydrogen-bond acceptors (Lipinski definition) is 5. The van der Waals surface area contributed by atoms with Gasteiger partial charge in [0.15, 0.2) is 5.65 Å². The van der Waals surface area contributed by atoms with E-state index in [9.17, 15) is 0 Å². The van der Waals surface area contributed by atoms with Gasteiger partial charge in [0, 0.05) is 31.5 Å². The monoisotopic (exact) mass is 243 g/mol. The summed E-state index contributed by atoms with van der Waals surface area (Å²) in [5.41, 5.74) is 7.59. The first-order valence-electron chi connectivity index (χ1n) is 6.30. The lowest BCUT2D eigenvalue weighted by molar-refractivity contribution is 0.400. The van der Waals surface area contributed by atoms with Crippen molar-refractivity contribution >= 4 is 17.0 Å². The Morgan fingerprint density at radius 2 is 2.06 bits per heavy atom. The smallest absolute Gasteiger partial charge is 0.180 e. The number of piperidine rings is 1. The van der Waals surface area contributed by atoms with Crippen molar-refractivity contribution in [2.24, 2.45) is 11.7 Å². The van der Waals surface area contributed by atoms with E-state index in [2.05, 4.69) is 26.8 Å². The largest absolute Gasteiger partial charge is 0.355 e. The number of aromatic nitrogens is 3. The quantitative estimate of drug-likeness (QED) is 0.815. The molecule has 0 amide bonds. The Morgan fingerprint density at radius 1 is 1.22 bits per heavy atom. The van der Waals surface area contributed by atoms with Crippen LogP contribution in [0, 0.1) is 5.92 Å². The molecule has 1 aliphatic heterocycles. The minimum Gasteiger partial charge on any atom is -0.355 e. The second kappa shape index (κ2) is 4.49. The van der Waals surface area contributed by atoms with E-state index >= 15 is 0 Å². The molecule has 5 nitrogen and oxygen atoms in total. The third kappa shape index (κ3) is 2.13. The molecule has 1 fully saturated rings. The minimum absolute atomic E-state index is 0.230. The van der Waals surface area contributed by atoms with E-state index in [1.165, 1.54) is 0 Å². The van der Waals surface area contributed by atoms with Crippen LogP contribution >= 0.6 is 0 Å². The maximum atomic E-state index is 6.07. The Kier molecular flexibility index (Phi) is 2.83. The molecular weight excluding hydrogens is 226 g/mol.